The van der Waals surface area contributed by atoms with Crippen LogP contribution in [0.2, 0.25) is 5.02 Å². The summed E-state index contributed by atoms with van der Waals surface area (Å²) in [4.78, 5) is 34.4. The fourth-order valence-corrected chi connectivity index (χ4v) is 2.35. The molecule has 1 atom stereocenters. The highest BCUT2D eigenvalue weighted by molar-refractivity contribution is 6.32. The van der Waals surface area contributed by atoms with Crippen LogP contribution in [0.5, 0.6) is 0 Å². The van der Waals surface area contributed by atoms with Gasteiger partial charge in [0.05, 0.1) is 16.6 Å². The average molecular weight is 388 g/mol. The van der Waals surface area contributed by atoms with E-state index in [1.54, 1.807) is 24.3 Å². The van der Waals surface area contributed by atoms with Crippen molar-refractivity contribution in [3.63, 3.8) is 0 Å². The van der Waals surface area contributed by atoms with E-state index in [-0.39, 0.29) is 17.2 Å². The number of benzene rings is 2. The monoisotopic (exact) mass is 387 g/mol. The number of nitriles is 1. The predicted octanol–water partition coefficient (Wildman–Crippen LogP) is 2.98. The molecule has 0 spiro atoms. The Balaban J connectivity index is 2.00. The molecule has 2 aromatic rings. The molecule has 0 bridgehead atoms. The number of carbonyl (C=O) groups is 2. The van der Waals surface area contributed by atoms with Gasteiger partial charge in [0.25, 0.3) is 11.6 Å². The Labute approximate surface area is 159 Å². The summed E-state index contributed by atoms with van der Waals surface area (Å²) in [5.74, 6) is -1.39. The Kier molecular flexibility index (Phi) is 6.46. The number of nitro benzene ring substituents is 1. The smallest absolute Gasteiger partial charge is 0.328 e. The molecular weight excluding hydrogens is 374 g/mol. The number of ether oxygens (including phenoxy) is 1. The number of nitro groups is 1. The van der Waals surface area contributed by atoms with Crippen molar-refractivity contribution >= 4 is 29.2 Å². The summed E-state index contributed by atoms with van der Waals surface area (Å²) in [5.41, 5.74) is 0.504. The number of nitrogens with one attached hydrogen (secondary N) is 1. The number of hydrogen-bond acceptors (Lipinski definition) is 6. The molecular formula is C18H14ClN3O5. The Morgan fingerprint density at radius 1 is 1.33 bits per heavy atom. The van der Waals surface area contributed by atoms with Crippen molar-refractivity contribution in [3.8, 4) is 6.07 Å². The lowest BCUT2D eigenvalue weighted by Crippen LogP contribution is -2.39. The number of carbonyl (C=O) groups excluding carboxylic acids is 2. The van der Waals surface area contributed by atoms with Gasteiger partial charge in [-0.15, -0.1) is 0 Å². The summed E-state index contributed by atoms with van der Waals surface area (Å²) in [6.45, 7) is 1.30. The summed E-state index contributed by atoms with van der Waals surface area (Å²) in [6.07, 6.45) is 0. The third-order valence-corrected chi connectivity index (χ3v) is 3.93. The van der Waals surface area contributed by atoms with E-state index in [4.69, 9.17) is 21.6 Å². The van der Waals surface area contributed by atoms with Gasteiger partial charge < -0.3 is 10.1 Å². The van der Waals surface area contributed by atoms with Crippen LogP contribution < -0.4 is 5.32 Å². The van der Waals surface area contributed by atoms with E-state index in [1.165, 1.54) is 19.1 Å². The van der Waals surface area contributed by atoms with Gasteiger partial charge in [0.2, 0.25) is 0 Å². The van der Waals surface area contributed by atoms with E-state index in [2.05, 4.69) is 5.32 Å². The van der Waals surface area contributed by atoms with Crippen LogP contribution >= 0.6 is 11.6 Å². The molecule has 8 nitrogen and oxygen atoms in total. The average Bonchev–Trinajstić information content (AvgIpc) is 2.66. The number of amides is 1. The van der Waals surface area contributed by atoms with Crippen molar-refractivity contribution in [2.75, 3.05) is 0 Å². The Morgan fingerprint density at radius 3 is 2.70 bits per heavy atom. The van der Waals surface area contributed by atoms with Crippen LogP contribution in [0.4, 0.5) is 5.69 Å². The molecule has 27 heavy (non-hydrogen) atoms. The number of rotatable bonds is 6. The topological polar surface area (TPSA) is 122 Å². The molecule has 0 aromatic heterocycles. The van der Waals surface area contributed by atoms with E-state index in [0.717, 1.165) is 6.07 Å². The van der Waals surface area contributed by atoms with E-state index < -0.39 is 28.5 Å². The van der Waals surface area contributed by atoms with Gasteiger partial charge in [0.1, 0.15) is 17.7 Å². The molecule has 0 fully saturated rings. The van der Waals surface area contributed by atoms with Crippen LogP contribution in [0.1, 0.15) is 28.4 Å². The van der Waals surface area contributed by atoms with E-state index >= 15 is 0 Å². The van der Waals surface area contributed by atoms with E-state index in [9.17, 15) is 19.7 Å². The van der Waals surface area contributed by atoms with Crippen molar-refractivity contribution in [1.82, 2.24) is 5.32 Å². The summed E-state index contributed by atoms with van der Waals surface area (Å²) >= 11 is 5.71. The first-order chi connectivity index (χ1) is 12.8. The predicted molar refractivity (Wildman–Crippen MR) is 96.0 cm³/mol. The first kappa shape index (κ1) is 19.9. The van der Waals surface area contributed by atoms with Gasteiger partial charge in [-0.1, -0.05) is 29.8 Å². The van der Waals surface area contributed by atoms with Crippen LogP contribution in [-0.2, 0) is 16.1 Å². The van der Waals surface area contributed by atoms with Gasteiger partial charge in [-0.3, -0.25) is 14.9 Å². The van der Waals surface area contributed by atoms with Gasteiger partial charge in [-0.25, -0.2) is 4.79 Å². The second-order valence-electron chi connectivity index (χ2n) is 5.50. The third-order valence-electron chi connectivity index (χ3n) is 3.61. The Bertz CT molecular complexity index is 939. The third kappa shape index (κ3) is 5.03. The fourth-order valence-electron chi connectivity index (χ4n) is 2.16. The van der Waals surface area contributed by atoms with Gasteiger partial charge in [-0.05, 0) is 25.1 Å². The van der Waals surface area contributed by atoms with Crippen LogP contribution in [0, 0.1) is 21.4 Å². The van der Waals surface area contributed by atoms with Gasteiger partial charge in [-0.2, -0.15) is 5.26 Å². The summed E-state index contributed by atoms with van der Waals surface area (Å²) in [7, 11) is 0. The van der Waals surface area contributed by atoms with Gasteiger partial charge in [0.15, 0.2) is 0 Å². The molecule has 0 unspecified atom stereocenters. The van der Waals surface area contributed by atoms with Crippen LogP contribution in [0.3, 0.4) is 0 Å². The van der Waals surface area contributed by atoms with Gasteiger partial charge in [0, 0.05) is 17.2 Å². The minimum atomic E-state index is -0.999. The maximum Gasteiger partial charge on any atom is 0.328 e. The molecule has 0 aliphatic rings. The summed E-state index contributed by atoms with van der Waals surface area (Å²) in [6, 6.07) is 11.2. The first-order valence-electron chi connectivity index (χ1n) is 7.73. The molecule has 2 rings (SSSR count). The molecule has 0 heterocycles. The minimum Gasteiger partial charge on any atom is -0.459 e. The van der Waals surface area contributed by atoms with Crippen LogP contribution in [0.25, 0.3) is 0 Å². The molecule has 1 amide bonds. The molecule has 0 saturated carbocycles. The Hall–Kier alpha value is -3.44. The van der Waals surface area contributed by atoms with Crippen LogP contribution in [-0.4, -0.2) is 22.8 Å². The molecule has 0 aliphatic heterocycles. The zero-order valence-electron chi connectivity index (χ0n) is 14.1. The van der Waals surface area contributed by atoms with Gasteiger partial charge >= 0.3 is 5.97 Å². The lowest BCUT2D eigenvalue weighted by molar-refractivity contribution is -0.384. The highest BCUT2D eigenvalue weighted by Gasteiger charge is 2.21. The van der Waals surface area contributed by atoms with Crippen molar-refractivity contribution in [2.24, 2.45) is 0 Å². The molecule has 0 saturated heterocycles. The molecule has 138 valence electrons. The van der Waals surface area contributed by atoms with Crippen molar-refractivity contribution in [3.05, 3.63) is 74.3 Å². The fraction of sp³-hybridized carbons (Fsp3) is 0.167. The summed E-state index contributed by atoms with van der Waals surface area (Å²) in [5, 5.41) is 22.2. The number of esters is 1. The highest BCUT2D eigenvalue weighted by atomic mass is 35.5. The maximum absolute atomic E-state index is 12.2. The second-order valence-corrected chi connectivity index (χ2v) is 5.90. The zero-order valence-corrected chi connectivity index (χ0v) is 14.9. The molecule has 0 radical (unpaired) electrons. The number of nitrogens with zero attached hydrogens (tertiary/aromatic N) is 2. The Morgan fingerprint density at radius 2 is 2.04 bits per heavy atom. The van der Waals surface area contributed by atoms with E-state index in [1.807, 2.05) is 6.07 Å². The van der Waals surface area contributed by atoms with Crippen molar-refractivity contribution < 1.29 is 19.2 Å². The minimum absolute atomic E-state index is 0.0134. The number of hydrogen-bond donors (Lipinski definition) is 1. The summed E-state index contributed by atoms with van der Waals surface area (Å²) < 4.78 is 5.12. The van der Waals surface area contributed by atoms with Crippen LogP contribution in [0.15, 0.2) is 42.5 Å². The quantitative estimate of drug-likeness (QED) is 0.461. The molecule has 1 N–H and O–H groups in total. The number of halogens is 1. The molecule has 0 aliphatic carbocycles. The maximum atomic E-state index is 12.2. The lowest BCUT2D eigenvalue weighted by Gasteiger charge is -2.14. The van der Waals surface area contributed by atoms with E-state index in [0.29, 0.717) is 11.1 Å². The normalized spacial score (nSPS) is 11.1. The second kappa shape index (κ2) is 8.78. The standard InChI is InChI=1S/C18H14ClN3O5/c1-11(18(24)27-10-14-5-3-2-4-13(14)9-20)21-17(23)12-6-7-15(19)16(8-12)22(25)26/h2-8,11H,10H2,1H3,(H,21,23)/t11-/m0/s1. The largest absolute Gasteiger partial charge is 0.459 e. The zero-order chi connectivity index (χ0) is 20.0. The van der Waals surface area contributed by atoms with Crippen molar-refractivity contribution in [2.45, 2.75) is 19.6 Å². The molecule has 2 aromatic carbocycles. The van der Waals surface area contributed by atoms with Crippen molar-refractivity contribution in [1.29, 1.82) is 5.26 Å². The first-order valence-corrected chi connectivity index (χ1v) is 8.10. The SMILES string of the molecule is C[C@H](NC(=O)c1ccc(Cl)c([N+](=O)[O-])c1)C(=O)OCc1ccccc1C#N. The highest BCUT2D eigenvalue weighted by Crippen LogP contribution is 2.25. The molecule has 9 heteroatoms. The lowest BCUT2D eigenvalue weighted by atomic mass is 10.1.